The van der Waals surface area contributed by atoms with E-state index in [0.29, 0.717) is 5.56 Å². The molecule has 0 bridgehead atoms. The van der Waals surface area contributed by atoms with Crippen LogP contribution in [0.4, 0.5) is 11.4 Å². The Morgan fingerprint density at radius 1 is 1.04 bits per heavy atom. The SMILES string of the molecule is CCN(CC)c1ccc(NC(=S)NC(=O)c2ccc(I)cc2)cc1. The first-order valence-electron chi connectivity index (χ1n) is 7.76. The van der Waals surface area contributed by atoms with Crippen LogP contribution in [0, 0.1) is 3.57 Å². The Kier molecular flexibility index (Phi) is 6.99. The molecular formula is C18H20IN3OS. The summed E-state index contributed by atoms with van der Waals surface area (Å²) in [7, 11) is 0. The molecule has 2 aromatic carbocycles. The fourth-order valence-electron chi connectivity index (χ4n) is 2.28. The second-order valence-electron chi connectivity index (χ2n) is 5.13. The smallest absolute Gasteiger partial charge is 0.257 e. The van der Waals surface area contributed by atoms with Gasteiger partial charge in [0.05, 0.1) is 0 Å². The number of hydrogen-bond acceptors (Lipinski definition) is 3. The van der Waals surface area contributed by atoms with Gasteiger partial charge in [0.15, 0.2) is 5.11 Å². The lowest BCUT2D eigenvalue weighted by Gasteiger charge is -2.21. The number of carbonyl (C=O) groups excluding carboxylic acids is 1. The molecule has 0 radical (unpaired) electrons. The van der Waals surface area contributed by atoms with Crippen LogP contribution in [-0.2, 0) is 0 Å². The summed E-state index contributed by atoms with van der Waals surface area (Å²) in [6.07, 6.45) is 0. The molecule has 2 rings (SSSR count). The van der Waals surface area contributed by atoms with E-state index in [2.05, 4.69) is 52.0 Å². The van der Waals surface area contributed by atoms with Crippen molar-refractivity contribution in [2.75, 3.05) is 23.3 Å². The van der Waals surface area contributed by atoms with Crippen molar-refractivity contribution in [1.29, 1.82) is 0 Å². The Morgan fingerprint density at radius 2 is 1.62 bits per heavy atom. The van der Waals surface area contributed by atoms with Crippen LogP contribution in [0.25, 0.3) is 0 Å². The average Bonchev–Trinajstić information content (AvgIpc) is 2.58. The van der Waals surface area contributed by atoms with E-state index in [-0.39, 0.29) is 11.0 Å². The summed E-state index contributed by atoms with van der Waals surface area (Å²) < 4.78 is 1.08. The molecule has 0 aliphatic rings. The number of nitrogens with zero attached hydrogens (tertiary/aromatic N) is 1. The Bertz CT molecular complexity index is 697. The number of carbonyl (C=O) groups is 1. The van der Waals surface area contributed by atoms with E-state index in [4.69, 9.17) is 12.2 Å². The molecule has 0 fully saturated rings. The van der Waals surface area contributed by atoms with Crippen molar-refractivity contribution in [1.82, 2.24) is 5.32 Å². The van der Waals surface area contributed by atoms with Crippen LogP contribution in [0.1, 0.15) is 24.2 Å². The van der Waals surface area contributed by atoms with Gasteiger partial charge in [-0.25, -0.2) is 0 Å². The van der Waals surface area contributed by atoms with Gasteiger partial charge in [0.1, 0.15) is 0 Å². The van der Waals surface area contributed by atoms with Crippen LogP contribution in [0.15, 0.2) is 48.5 Å². The number of halogens is 1. The van der Waals surface area contributed by atoms with Gasteiger partial charge in [-0.15, -0.1) is 0 Å². The van der Waals surface area contributed by atoms with Gasteiger partial charge in [0, 0.05) is 33.6 Å². The van der Waals surface area contributed by atoms with E-state index in [0.717, 1.165) is 22.3 Å². The van der Waals surface area contributed by atoms with Gasteiger partial charge in [-0.05, 0) is 97.2 Å². The van der Waals surface area contributed by atoms with Gasteiger partial charge >= 0.3 is 0 Å². The Morgan fingerprint density at radius 3 is 2.17 bits per heavy atom. The zero-order valence-electron chi connectivity index (χ0n) is 13.7. The van der Waals surface area contributed by atoms with Gasteiger partial charge in [0.25, 0.3) is 5.91 Å². The number of thiocarbonyl (C=S) groups is 1. The second kappa shape index (κ2) is 8.98. The molecule has 4 nitrogen and oxygen atoms in total. The van der Waals surface area contributed by atoms with Gasteiger partial charge in [-0.1, -0.05) is 0 Å². The maximum Gasteiger partial charge on any atom is 0.257 e. The van der Waals surface area contributed by atoms with Crippen LogP contribution in [0.2, 0.25) is 0 Å². The molecular weight excluding hydrogens is 433 g/mol. The first-order chi connectivity index (χ1) is 11.5. The maximum absolute atomic E-state index is 12.1. The summed E-state index contributed by atoms with van der Waals surface area (Å²) in [5, 5.41) is 6.01. The van der Waals surface area contributed by atoms with Crippen molar-refractivity contribution < 1.29 is 4.79 Å². The van der Waals surface area contributed by atoms with E-state index in [9.17, 15) is 4.79 Å². The molecule has 0 aromatic heterocycles. The second-order valence-corrected chi connectivity index (χ2v) is 6.79. The summed E-state index contributed by atoms with van der Waals surface area (Å²) >= 11 is 7.41. The van der Waals surface area contributed by atoms with Crippen LogP contribution in [0.5, 0.6) is 0 Å². The average molecular weight is 453 g/mol. The normalized spacial score (nSPS) is 10.1. The first-order valence-corrected chi connectivity index (χ1v) is 9.25. The summed E-state index contributed by atoms with van der Waals surface area (Å²) in [5.74, 6) is -0.219. The Labute approximate surface area is 161 Å². The highest BCUT2D eigenvalue weighted by molar-refractivity contribution is 14.1. The number of benzene rings is 2. The minimum atomic E-state index is -0.219. The van der Waals surface area contributed by atoms with Crippen LogP contribution in [0.3, 0.4) is 0 Å². The number of hydrogen-bond donors (Lipinski definition) is 2. The number of rotatable bonds is 5. The van der Waals surface area contributed by atoms with E-state index >= 15 is 0 Å². The van der Waals surface area contributed by atoms with E-state index in [1.54, 1.807) is 12.1 Å². The maximum atomic E-state index is 12.1. The van der Waals surface area contributed by atoms with E-state index in [1.165, 1.54) is 5.69 Å². The Balaban J connectivity index is 1.94. The lowest BCUT2D eigenvalue weighted by molar-refractivity contribution is 0.0977. The molecule has 6 heteroatoms. The molecule has 0 spiro atoms. The summed E-state index contributed by atoms with van der Waals surface area (Å²) in [5.41, 5.74) is 2.59. The van der Waals surface area contributed by atoms with Crippen molar-refractivity contribution in [2.24, 2.45) is 0 Å². The monoisotopic (exact) mass is 453 g/mol. The fourth-order valence-corrected chi connectivity index (χ4v) is 2.85. The zero-order valence-corrected chi connectivity index (χ0v) is 16.6. The highest BCUT2D eigenvalue weighted by Crippen LogP contribution is 2.17. The fraction of sp³-hybridized carbons (Fsp3) is 0.222. The quantitative estimate of drug-likeness (QED) is 0.525. The summed E-state index contributed by atoms with van der Waals surface area (Å²) in [6, 6.07) is 15.3. The van der Waals surface area contributed by atoms with E-state index < -0.39 is 0 Å². The van der Waals surface area contributed by atoms with Crippen molar-refractivity contribution >= 4 is 57.2 Å². The third-order valence-corrected chi connectivity index (χ3v) is 4.51. The van der Waals surface area contributed by atoms with Crippen molar-refractivity contribution in [3.05, 3.63) is 57.7 Å². The molecule has 0 aliphatic carbocycles. The van der Waals surface area contributed by atoms with Gasteiger partial charge in [-0.3, -0.25) is 10.1 Å². The van der Waals surface area contributed by atoms with Crippen LogP contribution in [-0.4, -0.2) is 24.1 Å². The predicted molar refractivity (Wildman–Crippen MR) is 113 cm³/mol. The predicted octanol–water partition coefficient (Wildman–Crippen LogP) is 4.26. The van der Waals surface area contributed by atoms with Crippen LogP contribution < -0.4 is 15.5 Å². The van der Waals surface area contributed by atoms with Gasteiger partial charge < -0.3 is 10.2 Å². The molecule has 0 heterocycles. The molecule has 1 amide bonds. The molecule has 0 aliphatic heterocycles. The van der Waals surface area contributed by atoms with Gasteiger partial charge in [0.2, 0.25) is 0 Å². The number of nitrogens with one attached hydrogen (secondary N) is 2. The molecule has 2 aromatic rings. The minimum Gasteiger partial charge on any atom is -0.372 e. The molecule has 0 atom stereocenters. The van der Waals surface area contributed by atoms with Crippen molar-refractivity contribution in [3.63, 3.8) is 0 Å². The Hall–Kier alpha value is -1.67. The van der Waals surface area contributed by atoms with Crippen molar-refractivity contribution in [2.45, 2.75) is 13.8 Å². The number of anilines is 2. The lowest BCUT2D eigenvalue weighted by atomic mass is 10.2. The third kappa shape index (κ3) is 5.17. The van der Waals surface area contributed by atoms with Crippen LogP contribution >= 0.6 is 34.8 Å². The summed E-state index contributed by atoms with van der Waals surface area (Å²) in [6.45, 7) is 6.19. The van der Waals surface area contributed by atoms with Gasteiger partial charge in [-0.2, -0.15) is 0 Å². The van der Waals surface area contributed by atoms with E-state index in [1.807, 2.05) is 36.4 Å². The lowest BCUT2D eigenvalue weighted by Crippen LogP contribution is -2.34. The standard InChI is InChI=1S/C18H20IN3OS/c1-3-22(4-2)16-11-9-15(10-12-16)20-18(24)21-17(23)13-5-7-14(19)8-6-13/h5-12H,3-4H2,1-2H3,(H2,20,21,23,24). The topological polar surface area (TPSA) is 44.4 Å². The molecule has 0 saturated heterocycles. The molecule has 0 unspecified atom stereocenters. The highest BCUT2D eigenvalue weighted by atomic mass is 127. The third-order valence-electron chi connectivity index (χ3n) is 3.59. The zero-order chi connectivity index (χ0) is 17.5. The molecule has 2 N–H and O–H groups in total. The molecule has 0 saturated carbocycles. The number of amides is 1. The minimum absolute atomic E-state index is 0.219. The summed E-state index contributed by atoms with van der Waals surface area (Å²) in [4.78, 5) is 14.4. The largest absolute Gasteiger partial charge is 0.372 e. The van der Waals surface area contributed by atoms with Crippen molar-refractivity contribution in [3.8, 4) is 0 Å². The molecule has 126 valence electrons. The molecule has 24 heavy (non-hydrogen) atoms. The highest BCUT2D eigenvalue weighted by Gasteiger charge is 2.08. The first kappa shape index (κ1) is 18.7.